The molecule has 15 heavy (non-hydrogen) atoms. The molecule has 0 atom stereocenters. The SMILES string of the molecule is OCCCCCCNCc1sccc1Br. The van der Waals surface area contributed by atoms with Crippen LogP contribution in [0.1, 0.15) is 30.6 Å². The molecule has 4 heteroatoms. The first-order chi connectivity index (χ1) is 7.34. The predicted molar refractivity (Wildman–Crippen MR) is 69.3 cm³/mol. The average Bonchev–Trinajstić information content (AvgIpc) is 2.63. The van der Waals surface area contributed by atoms with E-state index < -0.39 is 0 Å². The number of unbranched alkanes of at least 4 members (excludes halogenated alkanes) is 3. The van der Waals surface area contributed by atoms with Gasteiger partial charge in [0.2, 0.25) is 0 Å². The summed E-state index contributed by atoms with van der Waals surface area (Å²) in [4.78, 5) is 1.37. The maximum atomic E-state index is 8.61. The van der Waals surface area contributed by atoms with Crippen LogP contribution in [0.5, 0.6) is 0 Å². The highest BCUT2D eigenvalue weighted by atomic mass is 79.9. The minimum absolute atomic E-state index is 0.329. The van der Waals surface area contributed by atoms with Gasteiger partial charge >= 0.3 is 0 Å². The fourth-order valence-corrected chi connectivity index (χ4v) is 2.83. The van der Waals surface area contributed by atoms with Crippen LogP contribution in [0.4, 0.5) is 0 Å². The first-order valence-corrected chi connectivity index (χ1v) is 7.05. The smallest absolute Gasteiger partial charge is 0.0431 e. The second-order valence-electron chi connectivity index (χ2n) is 3.51. The fraction of sp³-hybridized carbons (Fsp3) is 0.636. The van der Waals surface area contributed by atoms with Crippen molar-refractivity contribution in [2.75, 3.05) is 13.2 Å². The highest BCUT2D eigenvalue weighted by molar-refractivity contribution is 9.10. The molecule has 0 unspecified atom stereocenters. The van der Waals surface area contributed by atoms with Crippen molar-refractivity contribution in [3.63, 3.8) is 0 Å². The van der Waals surface area contributed by atoms with Crippen molar-refractivity contribution in [1.82, 2.24) is 5.32 Å². The van der Waals surface area contributed by atoms with Crippen LogP contribution >= 0.6 is 27.3 Å². The second kappa shape index (κ2) is 8.28. The molecule has 2 nitrogen and oxygen atoms in total. The molecule has 0 saturated carbocycles. The third-order valence-electron chi connectivity index (χ3n) is 2.24. The normalized spacial score (nSPS) is 10.8. The molecule has 0 aliphatic carbocycles. The Kier molecular flexibility index (Phi) is 7.26. The summed E-state index contributed by atoms with van der Waals surface area (Å²) in [5.74, 6) is 0. The Morgan fingerprint density at radius 3 is 2.73 bits per heavy atom. The first-order valence-electron chi connectivity index (χ1n) is 5.38. The van der Waals surface area contributed by atoms with E-state index in [9.17, 15) is 0 Å². The molecule has 1 heterocycles. The van der Waals surface area contributed by atoms with Crippen LogP contribution in [-0.4, -0.2) is 18.3 Å². The summed E-state index contributed by atoms with van der Waals surface area (Å²) in [6, 6.07) is 2.09. The molecule has 1 aromatic rings. The molecular formula is C11H18BrNOS. The molecule has 0 aliphatic rings. The number of halogens is 1. The van der Waals surface area contributed by atoms with Crippen molar-refractivity contribution >= 4 is 27.3 Å². The van der Waals surface area contributed by atoms with Gasteiger partial charge in [0.25, 0.3) is 0 Å². The number of hydrogen-bond donors (Lipinski definition) is 2. The third-order valence-corrected chi connectivity index (χ3v) is 4.16. The molecule has 1 rings (SSSR count). The molecule has 0 amide bonds. The highest BCUT2D eigenvalue weighted by Crippen LogP contribution is 2.21. The summed E-state index contributed by atoms with van der Waals surface area (Å²) < 4.78 is 1.21. The van der Waals surface area contributed by atoms with Crippen LogP contribution in [0.15, 0.2) is 15.9 Å². The van der Waals surface area contributed by atoms with Gasteiger partial charge in [-0.2, -0.15) is 0 Å². The van der Waals surface area contributed by atoms with Crippen molar-refractivity contribution in [3.8, 4) is 0 Å². The molecule has 0 spiro atoms. The summed E-state index contributed by atoms with van der Waals surface area (Å²) >= 11 is 5.29. The average molecular weight is 292 g/mol. The number of aliphatic hydroxyl groups is 1. The number of thiophene rings is 1. The van der Waals surface area contributed by atoms with Crippen molar-refractivity contribution in [2.45, 2.75) is 32.2 Å². The molecule has 0 aromatic carbocycles. The zero-order valence-electron chi connectivity index (χ0n) is 8.84. The Bertz CT molecular complexity index is 265. The van der Waals surface area contributed by atoms with E-state index in [-0.39, 0.29) is 0 Å². The lowest BCUT2D eigenvalue weighted by atomic mass is 10.2. The predicted octanol–water partition coefficient (Wildman–Crippen LogP) is 3.15. The van der Waals surface area contributed by atoms with Crippen LogP contribution < -0.4 is 5.32 Å². The van der Waals surface area contributed by atoms with Gasteiger partial charge in [-0.15, -0.1) is 11.3 Å². The molecule has 0 bridgehead atoms. The van der Waals surface area contributed by atoms with E-state index in [1.54, 1.807) is 11.3 Å². The molecule has 0 fully saturated rings. The Balaban J connectivity index is 1.96. The Labute approximate surface area is 104 Å². The van der Waals surface area contributed by atoms with Crippen molar-refractivity contribution in [3.05, 3.63) is 20.8 Å². The minimum Gasteiger partial charge on any atom is -0.396 e. The largest absolute Gasteiger partial charge is 0.396 e. The van der Waals surface area contributed by atoms with Gasteiger partial charge < -0.3 is 10.4 Å². The molecule has 0 radical (unpaired) electrons. The van der Waals surface area contributed by atoms with Gasteiger partial charge in [-0.3, -0.25) is 0 Å². The summed E-state index contributed by atoms with van der Waals surface area (Å²) in [6.45, 7) is 2.35. The zero-order chi connectivity index (χ0) is 10.9. The first kappa shape index (κ1) is 13.2. The van der Waals surface area contributed by atoms with E-state index >= 15 is 0 Å². The van der Waals surface area contributed by atoms with E-state index in [1.807, 2.05) is 0 Å². The summed E-state index contributed by atoms with van der Waals surface area (Å²) in [6.07, 6.45) is 4.49. The van der Waals surface area contributed by atoms with Crippen LogP contribution in [0.3, 0.4) is 0 Å². The maximum absolute atomic E-state index is 8.61. The van der Waals surface area contributed by atoms with Gasteiger partial charge in [-0.25, -0.2) is 0 Å². The lowest BCUT2D eigenvalue weighted by Gasteiger charge is -2.03. The Morgan fingerprint density at radius 2 is 2.07 bits per heavy atom. The standard InChI is InChI=1S/C11H18BrNOS/c12-10-5-8-15-11(10)9-13-6-3-1-2-4-7-14/h5,8,13-14H,1-4,6-7,9H2. The number of nitrogens with one attached hydrogen (secondary N) is 1. The molecule has 0 saturated heterocycles. The minimum atomic E-state index is 0.329. The molecule has 1 aromatic heterocycles. The summed E-state index contributed by atoms with van der Waals surface area (Å²) in [5, 5.41) is 14.1. The van der Waals surface area contributed by atoms with Crippen molar-refractivity contribution in [1.29, 1.82) is 0 Å². The van der Waals surface area contributed by atoms with Gasteiger partial charge in [0.05, 0.1) is 0 Å². The van der Waals surface area contributed by atoms with Crippen molar-refractivity contribution in [2.24, 2.45) is 0 Å². The van der Waals surface area contributed by atoms with Crippen LogP contribution in [-0.2, 0) is 6.54 Å². The highest BCUT2D eigenvalue weighted by Gasteiger charge is 1.99. The van der Waals surface area contributed by atoms with Crippen LogP contribution in [0.2, 0.25) is 0 Å². The molecule has 0 aliphatic heterocycles. The van der Waals surface area contributed by atoms with Crippen LogP contribution in [0.25, 0.3) is 0 Å². The summed E-state index contributed by atoms with van der Waals surface area (Å²) in [7, 11) is 0. The van der Waals surface area contributed by atoms with E-state index in [0.29, 0.717) is 6.61 Å². The quantitative estimate of drug-likeness (QED) is 0.721. The monoisotopic (exact) mass is 291 g/mol. The van der Waals surface area contributed by atoms with Gasteiger partial charge in [0.1, 0.15) is 0 Å². The Morgan fingerprint density at radius 1 is 1.27 bits per heavy atom. The zero-order valence-corrected chi connectivity index (χ0v) is 11.2. The van der Waals surface area contributed by atoms with Gasteiger partial charge in [-0.05, 0) is 46.8 Å². The van der Waals surface area contributed by atoms with E-state index in [1.165, 1.54) is 22.2 Å². The number of hydrogen-bond acceptors (Lipinski definition) is 3. The second-order valence-corrected chi connectivity index (χ2v) is 5.36. The number of rotatable bonds is 8. The van der Waals surface area contributed by atoms with E-state index in [2.05, 4.69) is 32.7 Å². The lowest BCUT2D eigenvalue weighted by molar-refractivity contribution is 0.282. The summed E-state index contributed by atoms with van der Waals surface area (Å²) in [5.41, 5.74) is 0. The fourth-order valence-electron chi connectivity index (χ4n) is 1.37. The molecule has 86 valence electrons. The molecular weight excluding hydrogens is 274 g/mol. The Hall–Kier alpha value is 0.100. The van der Waals surface area contributed by atoms with Gasteiger partial charge in [0.15, 0.2) is 0 Å². The van der Waals surface area contributed by atoms with E-state index in [4.69, 9.17) is 5.11 Å². The van der Waals surface area contributed by atoms with E-state index in [0.717, 1.165) is 25.9 Å². The number of aliphatic hydroxyl groups excluding tert-OH is 1. The molecule has 2 N–H and O–H groups in total. The van der Waals surface area contributed by atoms with Crippen LogP contribution in [0, 0.1) is 0 Å². The van der Waals surface area contributed by atoms with Crippen molar-refractivity contribution < 1.29 is 5.11 Å². The maximum Gasteiger partial charge on any atom is 0.0431 e. The van der Waals surface area contributed by atoms with Gasteiger partial charge in [0, 0.05) is 22.5 Å². The third kappa shape index (κ3) is 5.66. The lowest BCUT2D eigenvalue weighted by Crippen LogP contribution is -2.14. The van der Waals surface area contributed by atoms with Gasteiger partial charge in [-0.1, -0.05) is 12.8 Å². The topological polar surface area (TPSA) is 32.3 Å².